The smallest absolute Gasteiger partial charge is 0.304 e. The van der Waals surface area contributed by atoms with Gasteiger partial charge in [0.25, 0.3) is 0 Å². The molecule has 1 N–H and O–H groups in total. The number of carbonyl (C=O) groups is 1. The first-order chi connectivity index (χ1) is 9.06. The molecule has 2 aromatic carbocycles. The fourth-order valence-corrected chi connectivity index (χ4v) is 2.99. The van der Waals surface area contributed by atoms with E-state index in [1.165, 1.54) is 22.3 Å². The van der Waals surface area contributed by atoms with Crippen LogP contribution >= 0.6 is 0 Å². The van der Waals surface area contributed by atoms with Gasteiger partial charge in [0.05, 0.1) is 6.42 Å². The fourth-order valence-electron chi connectivity index (χ4n) is 2.99. The summed E-state index contributed by atoms with van der Waals surface area (Å²) in [6.45, 7) is 4.10. The van der Waals surface area contributed by atoms with Crippen LogP contribution in [-0.4, -0.2) is 11.1 Å². The number of hydrogen-bond acceptors (Lipinski definition) is 1. The molecule has 0 amide bonds. The van der Waals surface area contributed by atoms with E-state index >= 15 is 0 Å². The Labute approximate surface area is 112 Å². The molecule has 0 bridgehead atoms. The maximum absolute atomic E-state index is 11.1. The summed E-state index contributed by atoms with van der Waals surface area (Å²) in [7, 11) is 0. The Hall–Kier alpha value is -2.09. The summed E-state index contributed by atoms with van der Waals surface area (Å²) in [6.07, 6.45) is 0.160. The van der Waals surface area contributed by atoms with Gasteiger partial charge in [-0.3, -0.25) is 4.79 Å². The van der Waals surface area contributed by atoms with Crippen molar-refractivity contribution in [1.82, 2.24) is 0 Å². The predicted octanol–water partition coefficient (Wildman–Crippen LogP) is 3.89. The SMILES string of the molecule is Cc1ccc2c(c1)C(CC(=O)O)c1cc(C)ccc1-2. The van der Waals surface area contributed by atoms with Crippen LogP contribution in [0.25, 0.3) is 11.1 Å². The molecule has 0 aliphatic heterocycles. The third-order valence-corrected chi connectivity index (χ3v) is 3.83. The number of carboxylic acids is 1. The van der Waals surface area contributed by atoms with Crippen LogP contribution < -0.4 is 0 Å². The van der Waals surface area contributed by atoms with E-state index in [0.717, 1.165) is 11.1 Å². The molecule has 96 valence electrons. The van der Waals surface area contributed by atoms with Crippen LogP contribution in [0.15, 0.2) is 36.4 Å². The van der Waals surface area contributed by atoms with Crippen LogP contribution in [0.4, 0.5) is 0 Å². The number of carboxylic acid groups (broad SMARTS) is 1. The van der Waals surface area contributed by atoms with Crippen molar-refractivity contribution in [3.8, 4) is 11.1 Å². The first-order valence-electron chi connectivity index (χ1n) is 6.49. The maximum atomic E-state index is 11.1. The van der Waals surface area contributed by atoms with Gasteiger partial charge in [-0.05, 0) is 36.1 Å². The minimum absolute atomic E-state index is 0.0118. The molecule has 0 unspecified atom stereocenters. The lowest BCUT2D eigenvalue weighted by atomic mass is 9.92. The molecule has 0 saturated carbocycles. The Bertz CT molecular complexity index is 619. The quantitative estimate of drug-likeness (QED) is 0.880. The molecule has 19 heavy (non-hydrogen) atoms. The highest BCUT2D eigenvalue weighted by molar-refractivity contribution is 5.82. The van der Waals surface area contributed by atoms with Crippen molar-refractivity contribution in [2.75, 3.05) is 0 Å². The van der Waals surface area contributed by atoms with Crippen molar-refractivity contribution < 1.29 is 9.90 Å². The number of rotatable bonds is 2. The lowest BCUT2D eigenvalue weighted by Gasteiger charge is -2.11. The molecule has 0 saturated heterocycles. The van der Waals surface area contributed by atoms with Gasteiger partial charge < -0.3 is 5.11 Å². The zero-order valence-corrected chi connectivity index (χ0v) is 11.1. The second-order valence-corrected chi connectivity index (χ2v) is 5.33. The molecule has 1 aliphatic rings. The minimum atomic E-state index is -0.744. The van der Waals surface area contributed by atoms with Gasteiger partial charge in [0.1, 0.15) is 0 Å². The Balaban J connectivity index is 2.22. The van der Waals surface area contributed by atoms with Crippen LogP contribution in [0.2, 0.25) is 0 Å². The van der Waals surface area contributed by atoms with E-state index < -0.39 is 5.97 Å². The summed E-state index contributed by atoms with van der Waals surface area (Å²) < 4.78 is 0. The molecule has 0 aromatic heterocycles. The van der Waals surface area contributed by atoms with Crippen LogP contribution in [0.3, 0.4) is 0 Å². The van der Waals surface area contributed by atoms with E-state index in [1.807, 2.05) is 13.8 Å². The molecular weight excluding hydrogens is 236 g/mol. The number of aryl methyl sites for hydroxylation is 2. The van der Waals surface area contributed by atoms with Crippen molar-refractivity contribution in [3.63, 3.8) is 0 Å². The summed E-state index contributed by atoms with van der Waals surface area (Å²) in [5.41, 5.74) is 7.04. The van der Waals surface area contributed by atoms with E-state index in [9.17, 15) is 4.79 Å². The van der Waals surface area contributed by atoms with E-state index in [1.54, 1.807) is 0 Å². The number of hydrogen-bond donors (Lipinski definition) is 1. The molecular formula is C17H16O2. The summed E-state index contributed by atoms with van der Waals surface area (Å²) in [6, 6.07) is 12.6. The molecule has 2 heteroatoms. The van der Waals surface area contributed by atoms with E-state index in [2.05, 4.69) is 36.4 Å². The third kappa shape index (κ3) is 1.93. The summed E-state index contributed by atoms with van der Waals surface area (Å²) in [5, 5.41) is 9.16. The van der Waals surface area contributed by atoms with Crippen LogP contribution in [0.1, 0.15) is 34.6 Å². The molecule has 0 spiro atoms. The maximum Gasteiger partial charge on any atom is 0.304 e. The number of fused-ring (bicyclic) bond motifs is 3. The highest BCUT2D eigenvalue weighted by Gasteiger charge is 2.30. The third-order valence-electron chi connectivity index (χ3n) is 3.83. The van der Waals surface area contributed by atoms with Gasteiger partial charge in [-0.15, -0.1) is 0 Å². The fraction of sp³-hybridized carbons (Fsp3) is 0.235. The predicted molar refractivity (Wildman–Crippen MR) is 75.4 cm³/mol. The Morgan fingerprint density at radius 2 is 1.47 bits per heavy atom. The topological polar surface area (TPSA) is 37.3 Å². The van der Waals surface area contributed by atoms with E-state index in [4.69, 9.17) is 5.11 Å². The van der Waals surface area contributed by atoms with Gasteiger partial charge in [-0.1, -0.05) is 47.5 Å². The summed E-state index contributed by atoms with van der Waals surface area (Å²) >= 11 is 0. The highest BCUT2D eigenvalue weighted by Crippen LogP contribution is 2.46. The largest absolute Gasteiger partial charge is 0.481 e. The van der Waals surface area contributed by atoms with Crippen molar-refractivity contribution in [2.24, 2.45) is 0 Å². The molecule has 0 radical (unpaired) electrons. The first kappa shape index (κ1) is 12.0. The average molecular weight is 252 g/mol. The monoisotopic (exact) mass is 252 g/mol. The van der Waals surface area contributed by atoms with Gasteiger partial charge in [0.2, 0.25) is 0 Å². The zero-order chi connectivity index (χ0) is 13.6. The molecule has 0 atom stereocenters. The standard InChI is InChI=1S/C17H16O2/c1-10-3-5-12-13-6-4-11(2)8-15(13)16(9-17(18)19)14(12)7-10/h3-8,16H,9H2,1-2H3,(H,18,19). The van der Waals surface area contributed by atoms with Crippen LogP contribution in [0, 0.1) is 13.8 Å². The van der Waals surface area contributed by atoms with Crippen molar-refractivity contribution >= 4 is 5.97 Å². The Kier molecular flexibility index (Phi) is 2.67. The van der Waals surface area contributed by atoms with Crippen molar-refractivity contribution in [1.29, 1.82) is 0 Å². The molecule has 1 aliphatic carbocycles. The van der Waals surface area contributed by atoms with Crippen molar-refractivity contribution in [3.05, 3.63) is 58.7 Å². The van der Waals surface area contributed by atoms with Crippen LogP contribution in [-0.2, 0) is 4.79 Å². The molecule has 3 rings (SSSR count). The Morgan fingerprint density at radius 3 is 1.89 bits per heavy atom. The number of benzene rings is 2. The van der Waals surface area contributed by atoms with Gasteiger partial charge in [0, 0.05) is 5.92 Å². The molecule has 0 fully saturated rings. The van der Waals surface area contributed by atoms with E-state index in [0.29, 0.717) is 0 Å². The van der Waals surface area contributed by atoms with E-state index in [-0.39, 0.29) is 12.3 Å². The van der Waals surface area contributed by atoms with Gasteiger partial charge in [-0.25, -0.2) is 0 Å². The van der Waals surface area contributed by atoms with Gasteiger partial charge in [-0.2, -0.15) is 0 Å². The zero-order valence-electron chi connectivity index (χ0n) is 11.1. The average Bonchev–Trinajstić information content (AvgIpc) is 2.62. The van der Waals surface area contributed by atoms with Crippen molar-refractivity contribution in [2.45, 2.75) is 26.2 Å². The van der Waals surface area contributed by atoms with Crippen LogP contribution in [0.5, 0.6) is 0 Å². The lowest BCUT2D eigenvalue weighted by Crippen LogP contribution is -2.05. The first-order valence-corrected chi connectivity index (χ1v) is 6.49. The highest BCUT2D eigenvalue weighted by atomic mass is 16.4. The molecule has 0 heterocycles. The Morgan fingerprint density at radius 1 is 1.00 bits per heavy atom. The lowest BCUT2D eigenvalue weighted by molar-refractivity contribution is -0.137. The van der Waals surface area contributed by atoms with Gasteiger partial charge >= 0.3 is 5.97 Å². The van der Waals surface area contributed by atoms with Gasteiger partial charge in [0.15, 0.2) is 0 Å². The molecule has 2 nitrogen and oxygen atoms in total. The molecule has 2 aromatic rings. The summed E-state index contributed by atoms with van der Waals surface area (Å²) in [4.78, 5) is 11.1. The second-order valence-electron chi connectivity index (χ2n) is 5.33. The second kappa shape index (κ2) is 4.23. The minimum Gasteiger partial charge on any atom is -0.481 e. The number of aliphatic carboxylic acids is 1. The summed E-state index contributed by atoms with van der Waals surface area (Å²) in [5.74, 6) is -0.755. The normalized spacial score (nSPS) is 13.2.